The molecule has 0 aliphatic rings. The van der Waals surface area contributed by atoms with Crippen molar-refractivity contribution >= 4 is 34.1 Å². The third kappa shape index (κ3) is 2.39. The standard InChI is InChI=1S/C16H12ClN7O/c17-9-3-1-2-4-10(9)24-7-8(15-20-6-5-11(18)21-15)13-12(16(24)25)14(19)23-22-13/h1-7H,(H2,18,20,21)(H3,19,22,23). The number of nitrogens with two attached hydrogens (primary N) is 2. The van der Waals surface area contributed by atoms with Crippen molar-refractivity contribution in [2.45, 2.75) is 0 Å². The zero-order valence-electron chi connectivity index (χ0n) is 12.8. The fourth-order valence-electron chi connectivity index (χ4n) is 2.64. The van der Waals surface area contributed by atoms with Gasteiger partial charge in [0.2, 0.25) is 0 Å². The highest BCUT2D eigenvalue weighted by atomic mass is 35.5. The lowest BCUT2D eigenvalue weighted by Gasteiger charge is -2.11. The minimum absolute atomic E-state index is 0.0894. The van der Waals surface area contributed by atoms with Crippen molar-refractivity contribution in [2.24, 2.45) is 0 Å². The SMILES string of the molecule is Nc1ccnc(-c2cn(-c3ccccc3Cl)c(=O)c3c(N)n[nH]c23)n1. The van der Waals surface area contributed by atoms with Gasteiger partial charge in [-0.2, -0.15) is 5.10 Å². The van der Waals surface area contributed by atoms with Crippen LogP contribution in [0.3, 0.4) is 0 Å². The molecule has 4 rings (SSSR count). The summed E-state index contributed by atoms with van der Waals surface area (Å²) < 4.78 is 1.40. The van der Waals surface area contributed by atoms with E-state index < -0.39 is 0 Å². The van der Waals surface area contributed by atoms with Crippen molar-refractivity contribution in [2.75, 3.05) is 11.5 Å². The number of fused-ring (bicyclic) bond motifs is 1. The Bertz CT molecular complexity index is 1160. The number of nitrogen functional groups attached to an aromatic ring is 2. The number of para-hydroxylation sites is 1. The molecule has 0 aliphatic carbocycles. The van der Waals surface area contributed by atoms with Crippen LogP contribution in [0.1, 0.15) is 0 Å². The first kappa shape index (κ1) is 15.2. The second-order valence-corrected chi connectivity index (χ2v) is 5.74. The minimum Gasteiger partial charge on any atom is -0.384 e. The number of H-pyrrole nitrogens is 1. The number of hydrogen-bond donors (Lipinski definition) is 3. The first-order valence-corrected chi connectivity index (χ1v) is 7.67. The maximum Gasteiger partial charge on any atom is 0.268 e. The molecule has 8 nitrogen and oxygen atoms in total. The number of nitrogens with one attached hydrogen (secondary N) is 1. The van der Waals surface area contributed by atoms with Crippen molar-refractivity contribution in [3.8, 4) is 17.1 Å². The lowest BCUT2D eigenvalue weighted by atomic mass is 10.1. The van der Waals surface area contributed by atoms with Crippen molar-refractivity contribution in [3.63, 3.8) is 0 Å². The van der Waals surface area contributed by atoms with Gasteiger partial charge in [-0.25, -0.2) is 9.97 Å². The van der Waals surface area contributed by atoms with Crippen LogP contribution in [0.2, 0.25) is 5.02 Å². The lowest BCUT2D eigenvalue weighted by Crippen LogP contribution is -2.19. The average molecular weight is 354 g/mol. The van der Waals surface area contributed by atoms with E-state index in [1.807, 2.05) is 0 Å². The second kappa shape index (κ2) is 5.60. The van der Waals surface area contributed by atoms with Crippen LogP contribution in [0.4, 0.5) is 11.6 Å². The number of rotatable bonds is 2. The summed E-state index contributed by atoms with van der Waals surface area (Å²) in [6.45, 7) is 0. The smallest absolute Gasteiger partial charge is 0.268 e. The number of aromatic nitrogens is 5. The molecule has 0 atom stereocenters. The molecule has 0 bridgehead atoms. The zero-order valence-corrected chi connectivity index (χ0v) is 13.5. The summed E-state index contributed by atoms with van der Waals surface area (Å²) in [5.41, 5.74) is 12.8. The predicted molar refractivity (Wildman–Crippen MR) is 96.6 cm³/mol. The number of nitrogens with zero attached hydrogens (tertiary/aromatic N) is 4. The third-order valence-electron chi connectivity index (χ3n) is 3.78. The summed E-state index contributed by atoms with van der Waals surface area (Å²) in [6, 6.07) is 8.57. The molecule has 0 fully saturated rings. The van der Waals surface area contributed by atoms with E-state index in [0.29, 0.717) is 33.4 Å². The van der Waals surface area contributed by atoms with Gasteiger partial charge in [0.05, 0.1) is 21.8 Å². The number of anilines is 2. The number of aromatic amines is 1. The molecular formula is C16H12ClN7O. The Hall–Kier alpha value is -3.39. The van der Waals surface area contributed by atoms with Gasteiger partial charge < -0.3 is 11.5 Å². The number of hydrogen-bond acceptors (Lipinski definition) is 6. The molecule has 9 heteroatoms. The van der Waals surface area contributed by atoms with Crippen molar-refractivity contribution in [3.05, 3.63) is 58.1 Å². The monoisotopic (exact) mass is 353 g/mol. The van der Waals surface area contributed by atoms with Crippen LogP contribution in [0.25, 0.3) is 28.0 Å². The molecule has 0 amide bonds. The normalized spacial score (nSPS) is 11.1. The summed E-state index contributed by atoms with van der Waals surface area (Å²) in [5.74, 6) is 0.738. The summed E-state index contributed by atoms with van der Waals surface area (Å²) in [5, 5.41) is 7.37. The van der Waals surface area contributed by atoms with Gasteiger partial charge in [-0.1, -0.05) is 23.7 Å². The first-order chi connectivity index (χ1) is 12.1. The predicted octanol–water partition coefficient (Wildman–Crippen LogP) is 1.99. The van der Waals surface area contributed by atoms with E-state index in [-0.39, 0.29) is 16.8 Å². The van der Waals surface area contributed by atoms with Crippen LogP contribution in [-0.2, 0) is 0 Å². The van der Waals surface area contributed by atoms with Crippen molar-refractivity contribution in [1.82, 2.24) is 24.7 Å². The van der Waals surface area contributed by atoms with Crippen LogP contribution < -0.4 is 17.0 Å². The van der Waals surface area contributed by atoms with Crippen LogP contribution in [0.5, 0.6) is 0 Å². The van der Waals surface area contributed by atoms with Gasteiger partial charge in [-0.15, -0.1) is 0 Å². The fourth-order valence-corrected chi connectivity index (χ4v) is 2.86. The average Bonchev–Trinajstić information content (AvgIpc) is 2.99. The molecule has 3 heterocycles. The van der Waals surface area contributed by atoms with E-state index in [4.69, 9.17) is 23.1 Å². The Morgan fingerprint density at radius 2 is 1.96 bits per heavy atom. The Balaban J connectivity index is 2.12. The van der Waals surface area contributed by atoms with Crippen LogP contribution in [0.15, 0.2) is 47.5 Å². The van der Waals surface area contributed by atoms with Gasteiger partial charge in [-0.3, -0.25) is 14.5 Å². The maximum atomic E-state index is 12.9. The number of pyridine rings is 1. The van der Waals surface area contributed by atoms with Gasteiger partial charge >= 0.3 is 0 Å². The first-order valence-electron chi connectivity index (χ1n) is 7.29. The fraction of sp³-hybridized carbons (Fsp3) is 0. The number of halogens is 1. The third-order valence-corrected chi connectivity index (χ3v) is 4.10. The van der Waals surface area contributed by atoms with Crippen molar-refractivity contribution < 1.29 is 0 Å². The molecular weight excluding hydrogens is 342 g/mol. The second-order valence-electron chi connectivity index (χ2n) is 5.33. The molecule has 5 N–H and O–H groups in total. The topological polar surface area (TPSA) is 128 Å². The van der Waals surface area contributed by atoms with Gasteiger partial charge in [0.1, 0.15) is 11.2 Å². The lowest BCUT2D eigenvalue weighted by molar-refractivity contribution is 1.00. The Morgan fingerprint density at radius 3 is 2.72 bits per heavy atom. The summed E-state index contributed by atoms with van der Waals surface area (Å²) in [7, 11) is 0. The van der Waals surface area contributed by atoms with Gasteiger partial charge in [0.15, 0.2) is 11.6 Å². The largest absolute Gasteiger partial charge is 0.384 e. The van der Waals surface area contributed by atoms with Gasteiger partial charge in [0.25, 0.3) is 5.56 Å². The molecule has 1 aromatic carbocycles. The molecule has 124 valence electrons. The van der Waals surface area contributed by atoms with Crippen LogP contribution in [-0.4, -0.2) is 24.7 Å². The summed E-state index contributed by atoms with van der Waals surface area (Å²) in [4.78, 5) is 21.4. The van der Waals surface area contributed by atoms with Crippen molar-refractivity contribution in [1.29, 1.82) is 0 Å². The molecule has 3 aromatic heterocycles. The van der Waals surface area contributed by atoms with E-state index in [1.54, 1.807) is 36.5 Å². The molecule has 0 aliphatic heterocycles. The molecule has 25 heavy (non-hydrogen) atoms. The molecule has 4 aromatic rings. The zero-order chi connectivity index (χ0) is 17.6. The van der Waals surface area contributed by atoms with E-state index in [0.717, 1.165) is 0 Å². The van der Waals surface area contributed by atoms with E-state index in [2.05, 4.69) is 20.2 Å². The highest BCUT2D eigenvalue weighted by Crippen LogP contribution is 2.28. The molecule has 0 radical (unpaired) electrons. The Morgan fingerprint density at radius 1 is 1.16 bits per heavy atom. The van der Waals surface area contributed by atoms with E-state index >= 15 is 0 Å². The quantitative estimate of drug-likeness (QED) is 0.505. The summed E-state index contributed by atoms with van der Waals surface area (Å²) in [6.07, 6.45) is 3.13. The van der Waals surface area contributed by atoms with Gasteiger partial charge in [-0.05, 0) is 18.2 Å². The molecule has 0 saturated carbocycles. The Kier molecular flexibility index (Phi) is 3.40. The van der Waals surface area contributed by atoms with E-state index in [9.17, 15) is 4.79 Å². The minimum atomic E-state index is -0.345. The Labute approximate surface area is 146 Å². The van der Waals surface area contributed by atoms with E-state index in [1.165, 1.54) is 10.8 Å². The molecule has 0 spiro atoms. The van der Waals surface area contributed by atoms with Crippen LogP contribution in [0, 0.1) is 0 Å². The van der Waals surface area contributed by atoms with Crippen LogP contribution >= 0.6 is 11.6 Å². The number of benzene rings is 1. The highest BCUT2D eigenvalue weighted by molar-refractivity contribution is 6.32. The molecule has 0 saturated heterocycles. The molecule has 0 unspecified atom stereocenters. The highest BCUT2D eigenvalue weighted by Gasteiger charge is 2.19. The summed E-state index contributed by atoms with van der Waals surface area (Å²) >= 11 is 6.25. The maximum absolute atomic E-state index is 12.9. The van der Waals surface area contributed by atoms with Gasteiger partial charge in [0, 0.05) is 12.4 Å².